The van der Waals surface area contributed by atoms with Crippen LogP contribution >= 0.6 is 0 Å². The maximum absolute atomic E-state index is 5.84. The van der Waals surface area contributed by atoms with E-state index in [-0.39, 0.29) is 6.10 Å². The van der Waals surface area contributed by atoms with E-state index in [0.717, 1.165) is 17.0 Å². The zero-order valence-corrected chi connectivity index (χ0v) is 9.73. The van der Waals surface area contributed by atoms with Gasteiger partial charge in [0.25, 0.3) is 0 Å². The molecule has 1 aromatic carbocycles. The van der Waals surface area contributed by atoms with Crippen LogP contribution in [0.4, 0.5) is 5.69 Å². The molecule has 1 heterocycles. The number of hydrogen-bond donors (Lipinski definition) is 1. The molecule has 2 N–H and O–H groups in total. The van der Waals surface area contributed by atoms with E-state index in [4.69, 9.17) is 10.5 Å². The van der Waals surface area contributed by atoms with E-state index >= 15 is 0 Å². The summed E-state index contributed by atoms with van der Waals surface area (Å²) in [5, 5.41) is 0. The summed E-state index contributed by atoms with van der Waals surface area (Å²) in [7, 11) is 0. The Morgan fingerprint density at radius 2 is 2.25 bits per heavy atom. The molecule has 16 heavy (non-hydrogen) atoms. The smallest absolute Gasteiger partial charge is 0.124 e. The molecule has 1 aliphatic heterocycles. The van der Waals surface area contributed by atoms with Crippen molar-refractivity contribution in [3.05, 3.63) is 48.1 Å². The van der Waals surface area contributed by atoms with Crippen LogP contribution in [-0.2, 0) is 0 Å². The summed E-state index contributed by atoms with van der Waals surface area (Å²) >= 11 is 0. The van der Waals surface area contributed by atoms with Crippen molar-refractivity contribution >= 4 is 5.69 Å². The van der Waals surface area contributed by atoms with Crippen molar-refractivity contribution in [3.8, 4) is 5.75 Å². The fourth-order valence-electron chi connectivity index (χ4n) is 1.92. The van der Waals surface area contributed by atoms with Gasteiger partial charge in [0.1, 0.15) is 11.9 Å². The van der Waals surface area contributed by atoms with Crippen molar-refractivity contribution in [1.82, 2.24) is 0 Å². The van der Waals surface area contributed by atoms with Crippen LogP contribution in [0.5, 0.6) is 5.75 Å². The fourth-order valence-corrected chi connectivity index (χ4v) is 1.92. The van der Waals surface area contributed by atoms with Crippen molar-refractivity contribution in [2.75, 3.05) is 5.73 Å². The summed E-state index contributed by atoms with van der Waals surface area (Å²) in [6, 6.07) is 5.81. The van der Waals surface area contributed by atoms with Gasteiger partial charge in [0, 0.05) is 17.2 Å². The lowest BCUT2D eigenvalue weighted by molar-refractivity contribution is 0.261. The second kappa shape index (κ2) is 4.05. The largest absolute Gasteiger partial charge is 0.485 e. The molecular weight excluding hydrogens is 198 g/mol. The summed E-state index contributed by atoms with van der Waals surface area (Å²) in [5.41, 5.74) is 8.79. The predicted octanol–water partition coefficient (Wildman–Crippen LogP) is 3.27. The van der Waals surface area contributed by atoms with E-state index in [1.54, 1.807) is 0 Å². The minimum absolute atomic E-state index is 0.0912. The molecule has 84 valence electrons. The molecular formula is C14H17NO. The van der Waals surface area contributed by atoms with E-state index < -0.39 is 0 Å². The van der Waals surface area contributed by atoms with Gasteiger partial charge in [-0.15, -0.1) is 0 Å². The van der Waals surface area contributed by atoms with Crippen LogP contribution in [0, 0.1) is 0 Å². The Labute approximate surface area is 96.4 Å². The van der Waals surface area contributed by atoms with Crippen molar-refractivity contribution in [2.45, 2.75) is 25.9 Å². The van der Waals surface area contributed by atoms with Gasteiger partial charge in [0.15, 0.2) is 0 Å². The van der Waals surface area contributed by atoms with E-state index in [2.05, 4.69) is 19.6 Å². The molecule has 0 saturated carbocycles. The minimum Gasteiger partial charge on any atom is -0.485 e. The maximum atomic E-state index is 5.84. The van der Waals surface area contributed by atoms with Gasteiger partial charge in [0.05, 0.1) is 0 Å². The van der Waals surface area contributed by atoms with Gasteiger partial charge in [-0.1, -0.05) is 25.2 Å². The molecule has 0 fully saturated rings. The molecule has 2 unspecified atom stereocenters. The number of ether oxygens (including phenoxy) is 1. The second-order valence-electron chi connectivity index (χ2n) is 4.37. The van der Waals surface area contributed by atoms with Crippen LogP contribution in [0.1, 0.15) is 25.3 Å². The first-order chi connectivity index (χ1) is 7.58. The zero-order chi connectivity index (χ0) is 11.7. The quantitative estimate of drug-likeness (QED) is 0.607. The van der Waals surface area contributed by atoms with Crippen molar-refractivity contribution < 1.29 is 4.74 Å². The number of hydrogen-bond acceptors (Lipinski definition) is 2. The number of fused-ring (bicyclic) bond motifs is 1. The molecule has 2 nitrogen and oxygen atoms in total. The molecule has 2 heteroatoms. The number of rotatable bonds is 2. The van der Waals surface area contributed by atoms with E-state index in [1.165, 1.54) is 5.56 Å². The number of anilines is 1. The van der Waals surface area contributed by atoms with Gasteiger partial charge in [-0.25, -0.2) is 0 Å². The highest BCUT2D eigenvalue weighted by atomic mass is 16.5. The van der Waals surface area contributed by atoms with Crippen molar-refractivity contribution in [3.63, 3.8) is 0 Å². The SMILES string of the molecule is C=C(C)/C=C\C1Oc2ccc(N)cc2C1C. The maximum Gasteiger partial charge on any atom is 0.124 e. The summed E-state index contributed by atoms with van der Waals surface area (Å²) in [6.07, 6.45) is 4.15. The van der Waals surface area contributed by atoms with E-state index in [0.29, 0.717) is 5.92 Å². The molecule has 0 amide bonds. The first-order valence-electron chi connectivity index (χ1n) is 5.47. The highest BCUT2D eigenvalue weighted by Crippen LogP contribution is 2.39. The lowest BCUT2D eigenvalue weighted by atomic mass is 9.96. The number of nitrogens with two attached hydrogens (primary N) is 1. The summed E-state index contributed by atoms with van der Waals surface area (Å²) in [4.78, 5) is 0. The Morgan fingerprint density at radius 3 is 2.94 bits per heavy atom. The van der Waals surface area contributed by atoms with E-state index in [1.807, 2.05) is 31.2 Å². The molecule has 0 spiro atoms. The molecule has 0 radical (unpaired) electrons. The topological polar surface area (TPSA) is 35.2 Å². The minimum atomic E-state index is 0.0912. The van der Waals surface area contributed by atoms with Crippen molar-refractivity contribution in [1.29, 1.82) is 0 Å². The summed E-state index contributed by atoms with van der Waals surface area (Å²) < 4.78 is 5.84. The van der Waals surface area contributed by atoms with Crippen LogP contribution in [0.25, 0.3) is 0 Å². The Bertz CT molecular complexity index is 448. The number of benzene rings is 1. The first kappa shape index (κ1) is 10.8. The average molecular weight is 215 g/mol. The molecule has 0 aliphatic carbocycles. The lowest BCUT2D eigenvalue weighted by Gasteiger charge is -2.10. The molecule has 1 aliphatic rings. The Hall–Kier alpha value is -1.70. The third-order valence-corrected chi connectivity index (χ3v) is 2.85. The standard InChI is InChI=1S/C14H17NO/c1-9(2)4-6-13-10(3)12-8-11(15)5-7-14(12)16-13/h4-8,10,13H,1,15H2,2-3H3/b6-4-. The molecule has 2 atom stereocenters. The van der Waals surface area contributed by atoms with Crippen LogP contribution in [0.15, 0.2) is 42.5 Å². The highest BCUT2D eigenvalue weighted by Gasteiger charge is 2.28. The fraction of sp³-hybridized carbons (Fsp3) is 0.286. The first-order valence-corrected chi connectivity index (χ1v) is 5.47. The third kappa shape index (κ3) is 1.96. The zero-order valence-electron chi connectivity index (χ0n) is 9.73. The Kier molecular flexibility index (Phi) is 2.73. The van der Waals surface area contributed by atoms with Gasteiger partial charge >= 0.3 is 0 Å². The van der Waals surface area contributed by atoms with Gasteiger partial charge in [-0.3, -0.25) is 0 Å². The van der Waals surface area contributed by atoms with Gasteiger partial charge in [-0.2, -0.15) is 0 Å². The Morgan fingerprint density at radius 1 is 1.50 bits per heavy atom. The average Bonchev–Trinajstić information content (AvgIpc) is 2.53. The number of nitrogen functional groups attached to an aromatic ring is 1. The monoisotopic (exact) mass is 215 g/mol. The normalized spacial score (nSPS) is 23.1. The summed E-state index contributed by atoms with van der Waals surface area (Å²) in [5.74, 6) is 1.28. The molecule has 0 saturated heterocycles. The lowest BCUT2D eigenvalue weighted by Crippen LogP contribution is -2.12. The molecule has 2 rings (SSSR count). The summed E-state index contributed by atoms with van der Waals surface area (Å²) in [6.45, 7) is 7.97. The van der Waals surface area contributed by atoms with Crippen LogP contribution in [0.3, 0.4) is 0 Å². The Balaban J connectivity index is 2.24. The second-order valence-corrected chi connectivity index (χ2v) is 4.37. The van der Waals surface area contributed by atoms with Gasteiger partial charge in [-0.05, 0) is 31.2 Å². The van der Waals surface area contributed by atoms with Gasteiger partial charge in [0.2, 0.25) is 0 Å². The molecule has 0 bridgehead atoms. The molecule has 0 aromatic heterocycles. The highest BCUT2D eigenvalue weighted by molar-refractivity contribution is 5.52. The number of allylic oxidation sites excluding steroid dienone is 2. The van der Waals surface area contributed by atoms with Crippen LogP contribution in [-0.4, -0.2) is 6.10 Å². The predicted molar refractivity (Wildman–Crippen MR) is 67.6 cm³/mol. The molecule has 1 aromatic rings. The van der Waals surface area contributed by atoms with Crippen LogP contribution in [0.2, 0.25) is 0 Å². The van der Waals surface area contributed by atoms with Crippen LogP contribution < -0.4 is 10.5 Å². The van der Waals surface area contributed by atoms with Gasteiger partial charge < -0.3 is 10.5 Å². The van der Waals surface area contributed by atoms with E-state index in [9.17, 15) is 0 Å². The van der Waals surface area contributed by atoms with Crippen molar-refractivity contribution in [2.24, 2.45) is 0 Å². The third-order valence-electron chi connectivity index (χ3n) is 2.85.